The van der Waals surface area contributed by atoms with Crippen LogP contribution in [0.15, 0.2) is 60.7 Å². The van der Waals surface area contributed by atoms with E-state index in [0.717, 1.165) is 12.1 Å². The lowest BCUT2D eigenvalue weighted by molar-refractivity contribution is -0.936. The molecule has 0 bridgehead atoms. The molecular formula is C34H56Br2N2. The second-order valence-corrected chi connectivity index (χ2v) is 12.4. The Balaban J connectivity index is 0.000000361. The van der Waals surface area contributed by atoms with Crippen LogP contribution in [0, 0.1) is 0 Å². The molecule has 4 rings (SSSR count). The van der Waals surface area contributed by atoms with Gasteiger partial charge in [-0.25, -0.2) is 0 Å². The van der Waals surface area contributed by atoms with Crippen molar-refractivity contribution in [2.45, 2.75) is 103 Å². The lowest BCUT2D eigenvalue weighted by Gasteiger charge is -2.43. The number of benzene rings is 2. The van der Waals surface area contributed by atoms with Gasteiger partial charge in [-0.05, 0) is 102 Å². The van der Waals surface area contributed by atoms with E-state index in [1.807, 2.05) is 0 Å². The zero-order valence-corrected chi connectivity index (χ0v) is 28.1. The number of nitrogens with zero attached hydrogens (tertiary/aromatic N) is 2. The lowest BCUT2D eigenvalue weighted by atomic mass is 10.00. The molecule has 38 heavy (non-hydrogen) atoms. The Morgan fingerprint density at radius 1 is 0.526 bits per heavy atom. The predicted molar refractivity (Wildman–Crippen MR) is 157 cm³/mol. The topological polar surface area (TPSA) is 0 Å². The van der Waals surface area contributed by atoms with E-state index in [-0.39, 0.29) is 34.0 Å². The van der Waals surface area contributed by atoms with Gasteiger partial charge >= 0.3 is 0 Å². The van der Waals surface area contributed by atoms with E-state index in [1.54, 1.807) is 0 Å². The Kier molecular flexibility index (Phi) is 17.3. The van der Waals surface area contributed by atoms with E-state index in [4.69, 9.17) is 0 Å². The summed E-state index contributed by atoms with van der Waals surface area (Å²) in [6.07, 6.45) is 16.5. The Morgan fingerprint density at radius 3 is 1.16 bits per heavy atom. The van der Waals surface area contributed by atoms with Gasteiger partial charge in [-0.1, -0.05) is 60.7 Å². The SMILES string of the molecule is CC(CCCc1ccccc1)[N+]1(C)CCCCC1.CC(CCCc1ccccc1)[N+]1(C)CCCCC1.[Br-].[Br-]. The van der Waals surface area contributed by atoms with Crippen molar-refractivity contribution >= 4 is 0 Å². The second kappa shape index (κ2) is 18.6. The first-order chi connectivity index (χ1) is 17.4. The highest BCUT2D eigenvalue weighted by molar-refractivity contribution is 5.15. The summed E-state index contributed by atoms with van der Waals surface area (Å²) in [5, 5.41) is 0. The number of aryl methyl sites for hydroxylation is 2. The van der Waals surface area contributed by atoms with Crippen molar-refractivity contribution in [2.75, 3.05) is 40.3 Å². The molecule has 2 nitrogen and oxygen atoms in total. The molecule has 216 valence electrons. The van der Waals surface area contributed by atoms with Crippen LogP contribution in [-0.4, -0.2) is 61.3 Å². The van der Waals surface area contributed by atoms with Gasteiger partial charge in [-0.2, -0.15) is 0 Å². The van der Waals surface area contributed by atoms with Crippen LogP contribution in [0.25, 0.3) is 0 Å². The van der Waals surface area contributed by atoms with Crippen molar-refractivity contribution in [1.29, 1.82) is 0 Å². The average Bonchev–Trinajstić information content (AvgIpc) is 2.91. The third-order valence-corrected chi connectivity index (χ3v) is 9.66. The van der Waals surface area contributed by atoms with Gasteiger partial charge in [0.25, 0.3) is 0 Å². The first kappa shape index (κ1) is 35.3. The molecule has 4 heteroatoms. The quantitative estimate of drug-likeness (QED) is 0.345. The zero-order valence-electron chi connectivity index (χ0n) is 24.9. The number of piperidine rings is 2. The highest BCUT2D eigenvalue weighted by Crippen LogP contribution is 2.24. The van der Waals surface area contributed by atoms with E-state index in [9.17, 15) is 0 Å². The molecule has 0 radical (unpaired) electrons. The minimum Gasteiger partial charge on any atom is -1.00 e. The summed E-state index contributed by atoms with van der Waals surface area (Å²) in [5.74, 6) is 0. The van der Waals surface area contributed by atoms with Gasteiger partial charge in [-0.3, -0.25) is 0 Å². The normalized spacial score (nSPS) is 19.5. The zero-order chi connectivity index (χ0) is 25.7. The van der Waals surface area contributed by atoms with Crippen molar-refractivity contribution in [3.8, 4) is 0 Å². The second-order valence-electron chi connectivity index (χ2n) is 12.4. The van der Waals surface area contributed by atoms with Crippen LogP contribution in [0.4, 0.5) is 0 Å². The average molecular weight is 653 g/mol. The van der Waals surface area contributed by atoms with Crippen molar-refractivity contribution < 1.29 is 42.9 Å². The predicted octanol–water partition coefficient (Wildman–Crippen LogP) is 2.06. The highest BCUT2D eigenvalue weighted by atomic mass is 79.9. The van der Waals surface area contributed by atoms with Crippen molar-refractivity contribution in [3.05, 3.63) is 71.8 Å². The van der Waals surface area contributed by atoms with Gasteiger partial charge < -0.3 is 42.9 Å². The van der Waals surface area contributed by atoms with Gasteiger partial charge in [0.1, 0.15) is 0 Å². The van der Waals surface area contributed by atoms with E-state index in [1.165, 1.54) is 123 Å². The Hall–Kier alpha value is -0.680. The fourth-order valence-electron chi connectivity index (χ4n) is 6.47. The molecule has 2 atom stereocenters. The number of halogens is 2. The summed E-state index contributed by atoms with van der Waals surface area (Å²) < 4.78 is 2.63. The summed E-state index contributed by atoms with van der Waals surface area (Å²) in [4.78, 5) is 0. The first-order valence-corrected chi connectivity index (χ1v) is 15.2. The Bertz CT molecular complexity index is 759. The van der Waals surface area contributed by atoms with E-state index >= 15 is 0 Å². The minimum atomic E-state index is 0. The smallest absolute Gasteiger partial charge is 0.0859 e. The molecule has 0 N–H and O–H groups in total. The van der Waals surface area contributed by atoms with E-state index in [2.05, 4.69) is 88.6 Å². The molecule has 2 fully saturated rings. The van der Waals surface area contributed by atoms with E-state index < -0.39 is 0 Å². The molecule has 0 aromatic heterocycles. The molecule has 0 amide bonds. The van der Waals surface area contributed by atoms with Gasteiger partial charge in [0.05, 0.1) is 52.4 Å². The van der Waals surface area contributed by atoms with Crippen LogP contribution in [0.1, 0.15) is 89.2 Å². The number of rotatable bonds is 10. The molecule has 0 saturated carbocycles. The van der Waals surface area contributed by atoms with Crippen LogP contribution in [0.5, 0.6) is 0 Å². The van der Waals surface area contributed by atoms with Crippen molar-refractivity contribution in [1.82, 2.24) is 0 Å². The van der Waals surface area contributed by atoms with Crippen LogP contribution in [-0.2, 0) is 12.8 Å². The summed E-state index contributed by atoms with van der Waals surface area (Å²) in [6.45, 7) is 10.5. The number of likely N-dealkylation sites (tertiary alicyclic amines) is 2. The molecule has 0 aliphatic carbocycles. The Morgan fingerprint density at radius 2 is 0.842 bits per heavy atom. The largest absolute Gasteiger partial charge is 1.00 e. The highest BCUT2D eigenvalue weighted by Gasteiger charge is 2.31. The third-order valence-electron chi connectivity index (χ3n) is 9.66. The van der Waals surface area contributed by atoms with Gasteiger partial charge in [0, 0.05) is 0 Å². The summed E-state index contributed by atoms with van der Waals surface area (Å²) in [6, 6.07) is 23.5. The summed E-state index contributed by atoms with van der Waals surface area (Å²) >= 11 is 0. The molecule has 2 heterocycles. The van der Waals surface area contributed by atoms with E-state index in [0.29, 0.717) is 0 Å². The maximum atomic E-state index is 2.46. The molecule has 2 unspecified atom stereocenters. The summed E-state index contributed by atoms with van der Waals surface area (Å²) in [7, 11) is 4.93. The van der Waals surface area contributed by atoms with Crippen LogP contribution >= 0.6 is 0 Å². The molecule has 2 aliphatic rings. The molecular weight excluding hydrogens is 596 g/mol. The maximum Gasteiger partial charge on any atom is 0.0859 e. The fraction of sp³-hybridized carbons (Fsp3) is 0.647. The standard InChI is InChI=1S/2C17H28N.2BrH/c2*1-16(18(2)14-7-4-8-15-18)10-9-13-17-11-5-3-6-12-17;;/h2*3,5-6,11-12,16H,4,7-10,13-15H2,1-2H3;2*1H/q2*+1;;/p-2. The molecule has 2 aliphatic heterocycles. The molecule has 2 aromatic rings. The molecule has 0 spiro atoms. The number of hydrogen-bond donors (Lipinski definition) is 0. The van der Waals surface area contributed by atoms with Gasteiger partial charge in [0.2, 0.25) is 0 Å². The lowest BCUT2D eigenvalue weighted by Crippen LogP contribution is -3.00. The van der Waals surface area contributed by atoms with Gasteiger partial charge in [-0.15, -0.1) is 0 Å². The molecule has 2 aromatic carbocycles. The van der Waals surface area contributed by atoms with Crippen LogP contribution in [0.2, 0.25) is 0 Å². The fourth-order valence-corrected chi connectivity index (χ4v) is 6.47. The first-order valence-electron chi connectivity index (χ1n) is 15.2. The number of hydrogen-bond acceptors (Lipinski definition) is 0. The minimum absolute atomic E-state index is 0. The Labute approximate surface area is 256 Å². The maximum absolute atomic E-state index is 2.46. The van der Waals surface area contributed by atoms with Crippen LogP contribution < -0.4 is 34.0 Å². The van der Waals surface area contributed by atoms with Crippen molar-refractivity contribution in [3.63, 3.8) is 0 Å². The van der Waals surface area contributed by atoms with Gasteiger partial charge in [0.15, 0.2) is 0 Å². The molecule has 2 saturated heterocycles. The van der Waals surface area contributed by atoms with Crippen LogP contribution in [0.3, 0.4) is 0 Å². The monoisotopic (exact) mass is 650 g/mol. The number of quaternary nitrogens is 2. The summed E-state index contributed by atoms with van der Waals surface area (Å²) in [5.41, 5.74) is 2.98. The van der Waals surface area contributed by atoms with Crippen molar-refractivity contribution in [2.24, 2.45) is 0 Å². The third kappa shape index (κ3) is 11.8.